The molecule has 0 saturated carbocycles. The lowest BCUT2D eigenvalue weighted by Crippen LogP contribution is -2.32. The molecule has 3 aromatic rings. The summed E-state index contributed by atoms with van der Waals surface area (Å²) in [7, 11) is 1.41. The lowest BCUT2D eigenvalue weighted by molar-refractivity contribution is -0.140. The van der Waals surface area contributed by atoms with Gasteiger partial charge in [-0.3, -0.25) is 14.8 Å². The molecule has 0 amide bonds. The number of methoxy groups -OCH3 is 1. The average Bonchev–Trinajstić information content (AvgIpc) is 3.29. The van der Waals surface area contributed by atoms with Crippen molar-refractivity contribution in [1.82, 2.24) is 24.8 Å². The average molecular weight is 450 g/mol. The minimum atomic E-state index is -0.254. The summed E-state index contributed by atoms with van der Waals surface area (Å²) >= 11 is 5.69. The number of hydrogen-bond donors (Lipinski definition) is 1. The molecule has 1 aliphatic rings. The Morgan fingerprint density at radius 3 is 2.66 bits per heavy atom. The molecular weight excluding hydrogens is 422 g/mol. The number of rotatable bonds is 7. The van der Waals surface area contributed by atoms with E-state index < -0.39 is 0 Å². The fourth-order valence-corrected chi connectivity index (χ4v) is 4.67. The van der Waals surface area contributed by atoms with Gasteiger partial charge < -0.3 is 19.5 Å². The third-order valence-electron chi connectivity index (χ3n) is 6.00. The molecule has 32 heavy (non-hydrogen) atoms. The molecule has 0 bridgehead atoms. The Bertz CT molecular complexity index is 1100. The van der Waals surface area contributed by atoms with E-state index in [1.54, 1.807) is 6.20 Å². The molecule has 1 fully saturated rings. The first-order valence-corrected chi connectivity index (χ1v) is 11.0. The van der Waals surface area contributed by atoms with E-state index in [4.69, 9.17) is 17.0 Å². The Kier molecular flexibility index (Phi) is 6.50. The second-order valence-electron chi connectivity index (χ2n) is 7.91. The smallest absolute Gasteiger partial charge is 0.307 e. The summed E-state index contributed by atoms with van der Waals surface area (Å²) in [6, 6.07) is 12.0. The summed E-state index contributed by atoms with van der Waals surface area (Å²) in [5.41, 5.74) is 5.61. The van der Waals surface area contributed by atoms with Crippen molar-refractivity contribution in [3.8, 4) is 0 Å². The van der Waals surface area contributed by atoms with Crippen LogP contribution in [-0.4, -0.2) is 44.2 Å². The van der Waals surface area contributed by atoms with Crippen LogP contribution in [0.1, 0.15) is 46.7 Å². The highest BCUT2D eigenvalue weighted by atomic mass is 32.1. The molecule has 1 saturated heterocycles. The maximum atomic E-state index is 11.9. The van der Waals surface area contributed by atoms with Crippen molar-refractivity contribution in [1.29, 1.82) is 0 Å². The molecule has 0 radical (unpaired) electrons. The second-order valence-corrected chi connectivity index (χ2v) is 8.30. The molecule has 0 aromatic carbocycles. The largest absolute Gasteiger partial charge is 0.469 e. The summed E-state index contributed by atoms with van der Waals surface area (Å²) in [5.74, 6) is -0.254. The number of nitrogens with one attached hydrogen (secondary N) is 1. The number of ether oxygens (including phenoxy) is 1. The monoisotopic (exact) mass is 449 g/mol. The zero-order valence-corrected chi connectivity index (χ0v) is 19.3. The Morgan fingerprint density at radius 1 is 1.19 bits per heavy atom. The summed E-state index contributed by atoms with van der Waals surface area (Å²) in [6.07, 6.45) is 5.69. The van der Waals surface area contributed by atoms with E-state index >= 15 is 0 Å². The zero-order valence-electron chi connectivity index (χ0n) is 18.5. The minimum absolute atomic E-state index is 0.0838. The molecule has 166 valence electrons. The van der Waals surface area contributed by atoms with Crippen molar-refractivity contribution in [2.45, 2.75) is 38.9 Å². The predicted molar refractivity (Wildman–Crippen MR) is 126 cm³/mol. The van der Waals surface area contributed by atoms with Crippen molar-refractivity contribution in [3.63, 3.8) is 0 Å². The first-order chi connectivity index (χ1) is 15.5. The molecule has 7 nitrogen and oxygen atoms in total. The number of nitrogens with zero attached hydrogens (tertiary/aromatic N) is 4. The van der Waals surface area contributed by atoms with Crippen LogP contribution in [0.5, 0.6) is 0 Å². The van der Waals surface area contributed by atoms with Gasteiger partial charge in [0.15, 0.2) is 5.11 Å². The van der Waals surface area contributed by atoms with Crippen LogP contribution in [0.2, 0.25) is 0 Å². The summed E-state index contributed by atoms with van der Waals surface area (Å²) in [4.78, 5) is 22.7. The van der Waals surface area contributed by atoms with Crippen LogP contribution in [0.15, 0.2) is 55.0 Å². The predicted octanol–water partition coefficient (Wildman–Crippen LogP) is 3.48. The molecule has 0 unspecified atom stereocenters. The topological polar surface area (TPSA) is 72.3 Å². The van der Waals surface area contributed by atoms with Crippen molar-refractivity contribution in [2.75, 3.05) is 13.7 Å². The summed E-state index contributed by atoms with van der Waals surface area (Å²) < 4.78 is 7.17. The Labute approximate surface area is 193 Å². The van der Waals surface area contributed by atoms with Crippen LogP contribution in [0.4, 0.5) is 0 Å². The van der Waals surface area contributed by atoms with Crippen LogP contribution in [0.3, 0.4) is 0 Å². The van der Waals surface area contributed by atoms with Gasteiger partial charge in [-0.1, -0.05) is 6.07 Å². The third kappa shape index (κ3) is 4.36. The molecule has 0 aliphatic carbocycles. The maximum Gasteiger partial charge on any atom is 0.307 e. The molecule has 2 atom stereocenters. The van der Waals surface area contributed by atoms with Gasteiger partial charge in [0.1, 0.15) is 0 Å². The number of aryl methyl sites for hydroxylation is 1. The van der Waals surface area contributed by atoms with E-state index in [2.05, 4.69) is 44.7 Å². The van der Waals surface area contributed by atoms with Crippen LogP contribution < -0.4 is 5.32 Å². The summed E-state index contributed by atoms with van der Waals surface area (Å²) in [6.45, 7) is 5.49. The number of pyridine rings is 2. The van der Waals surface area contributed by atoms with Crippen LogP contribution >= 0.6 is 12.2 Å². The van der Waals surface area contributed by atoms with Crippen LogP contribution in [0.25, 0.3) is 0 Å². The second kappa shape index (κ2) is 9.48. The maximum absolute atomic E-state index is 11.9. The zero-order chi connectivity index (χ0) is 22.7. The standard InChI is InChI=1S/C24H27N5O2S/c1-16-14-19(17(2)29(16)15-18-7-11-25-12-8-18)23-22(20-6-4-5-10-26-20)27-24(32)28(23)13-9-21(30)31-3/h4-8,10-12,14,22-23H,9,13,15H2,1-3H3,(H,27,32)/t22-,23+/m1/s1. The molecule has 1 aliphatic heterocycles. The van der Waals surface area contributed by atoms with Gasteiger partial charge in [0.25, 0.3) is 0 Å². The van der Waals surface area contributed by atoms with E-state index in [9.17, 15) is 4.79 Å². The molecule has 4 rings (SSSR count). The lowest BCUT2D eigenvalue weighted by atomic mass is 9.96. The van der Waals surface area contributed by atoms with Gasteiger partial charge in [-0.25, -0.2) is 0 Å². The number of aromatic nitrogens is 3. The molecule has 0 spiro atoms. The van der Waals surface area contributed by atoms with Crippen LogP contribution in [0, 0.1) is 13.8 Å². The minimum Gasteiger partial charge on any atom is -0.469 e. The first-order valence-electron chi connectivity index (χ1n) is 10.6. The highest BCUT2D eigenvalue weighted by Crippen LogP contribution is 2.41. The van der Waals surface area contributed by atoms with E-state index in [1.165, 1.54) is 29.6 Å². The number of thiocarbonyl (C=S) groups is 1. The Hall–Kier alpha value is -3.26. The van der Waals surface area contributed by atoms with Crippen molar-refractivity contribution in [2.24, 2.45) is 0 Å². The molecule has 3 aromatic heterocycles. The number of carbonyl (C=O) groups excluding carboxylic acids is 1. The van der Waals surface area contributed by atoms with E-state index in [0.717, 1.165) is 12.2 Å². The van der Waals surface area contributed by atoms with Gasteiger partial charge >= 0.3 is 5.97 Å². The van der Waals surface area contributed by atoms with Gasteiger partial charge in [0.05, 0.1) is 31.3 Å². The Morgan fingerprint density at radius 2 is 1.97 bits per heavy atom. The van der Waals surface area contributed by atoms with Gasteiger partial charge in [0.2, 0.25) is 0 Å². The SMILES string of the molecule is COC(=O)CCN1C(=S)N[C@H](c2ccccn2)[C@@H]1c1cc(C)n(Cc2ccncc2)c1C. The van der Waals surface area contributed by atoms with Crippen LogP contribution in [-0.2, 0) is 16.1 Å². The lowest BCUT2D eigenvalue weighted by Gasteiger charge is -2.28. The fourth-order valence-electron chi connectivity index (χ4n) is 4.34. The molecular formula is C24H27N5O2S. The van der Waals surface area contributed by atoms with E-state index in [1.807, 2.05) is 42.7 Å². The van der Waals surface area contributed by atoms with Gasteiger partial charge in [-0.2, -0.15) is 0 Å². The quantitative estimate of drug-likeness (QED) is 0.437. The number of esters is 1. The molecule has 4 heterocycles. The normalized spacial score (nSPS) is 18.0. The van der Waals surface area contributed by atoms with E-state index in [-0.39, 0.29) is 24.5 Å². The third-order valence-corrected chi connectivity index (χ3v) is 6.36. The van der Waals surface area contributed by atoms with Crippen molar-refractivity contribution in [3.05, 3.63) is 83.2 Å². The van der Waals surface area contributed by atoms with Gasteiger partial charge in [0, 0.05) is 43.1 Å². The number of carbonyl (C=O) groups is 1. The van der Waals surface area contributed by atoms with Crippen molar-refractivity contribution < 1.29 is 9.53 Å². The van der Waals surface area contributed by atoms with Crippen molar-refractivity contribution >= 4 is 23.3 Å². The highest BCUT2D eigenvalue weighted by Gasteiger charge is 2.41. The highest BCUT2D eigenvalue weighted by molar-refractivity contribution is 7.80. The first kappa shape index (κ1) is 22.0. The fraction of sp³-hybridized carbons (Fsp3) is 0.333. The van der Waals surface area contributed by atoms with E-state index in [0.29, 0.717) is 11.7 Å². The number of hydrogen-bond acceptors (Lipinski definition) is 5. The van der Waals surface area contributed by atoms with Gasteiger partial charge in [-0.15, -0.1) is 0 Å². The molecule has 1 N–H and O–H groups in total. The van der Waals surface area contributed by atoms with Gasteiger partial charge in [-0.05, 0) is 67.5 Å². The molecule has 8 heteroatoms. The summed E-state index contributed by atoms with van der Waals surface area (Å²) in [5, 5.41) is 4.06. The Balaban J connectivity index is 1.73.